The molecule has 1 fully saturated rings. The lowest BCUT2D eigenvalue weighted by atomic mass is 9.64. The van der Waals surface area contributed by atoms with Crippen LogP contribution in [-0.2, 0) is 12.5 Å². The van der Waals surface area contributed by atoms with Gasteiger partial charge in [-0.15, -0.1) is 0 Å². The Morgan fingerprint density at radius 1 is 1.10 bits per heavy atom. The van der Waals surface area contributed by atoms with Crippen molar-refractivity contribution in [2.75, 3.05) is 0 Å². The third-order valence-electron chi connectivity index (χ3n) is 4.74. The van der Waals surface area contributed by atoms with Gasteiger partial charge in [0.1, 0.15) is 0 Å². The summed E-state index contributed by atoms with van der Waals surface area (Å²) in [5.41, 5.74) is 9.11. The van der Waals surface area contributed by atoms with Crippen molar-refractivity contribution >= 4 is 0 Å². The van der Waals surface area contributed by atoms with E-state index in [2.05, 4.69) is 41.5 Å². The molecule has 1 atom stereocenters. The van der Waals surface area contributed by atoms with E-state index < -0.39 is 0 Å². The molecule has 1 aliphatic rings. The van der Waals surface area contributed by atoms with E-state index in [-0.39, 0.29) is 11.5 Å². The first-order valence-electron chi connectivity index (χ1n) is 7.53. The summed E-state index contributed by atoms with van der Waals surface area (Å²) in [6, 6.07) is 12.8. The summed E-state index contributed by atoms with van der Waals surface area (Å²) in [6.07, 6.45) is 8.15. The molecule has 2 aromatic rings. The fraction of sp³-hybridized carbons (Fsp3) is 0.471. The average Bonchev–Trinajstić information content (AvgIpc) is 2.94. The number of hydrogen-bond acceptors (Lipinski definition) is 2. The van der Waals surface area contributed by atoms with Crippen LogP contribution in [0.25, 0.3) is 0 Å². The molecule has 3 heteroatoms. The predicted molar refractivity (Wildman–Crippen MR) is 81.3 cm³/mol. The molecule has 106 valence electrons. The highest BCUT2D eigenvalue weighted by Crippen LogP contribution is 2.46. The van der Waals surface area contributed by atoms with Crippen molar-refractivity contribution in [2.24, 2.45) is 12.8 Å². The Hall–Kier alpha value is -1.61. The van der Waals surface area contributed by atoms with Crippen LogP contribution in [0.15, 0.2) is 42.6 Å². The maximum Gasteiger partial charge on any atom is 0.0800 e. The smallest absolute Gasteiger partial charge is 0.0800 e. The Bertz CT molecular complexity index is 553. The minimum atomic E-state index is -0.0219. The molecule has 3 nitrogen and oxygen atoms in total. The second-order valence-electron chi connectivity index (χ2n) is 5.97. The number of hydrogen-bond donors (Lipinski definition) is 1. The Morgan fingerprint density at radius 3 is 2.40 bits per heavy atom. The highest BCUT2D eigenvalue weighted by atomic mass is 15.3. The molecule has 0 saturated heterocycles. The fourth-order valence-electron chi connectivity index (χ4n) is 3.61. The lowest BCUT2D eigenvalue weighted by molar-refractivity contribution is 0.240. The molecule has 1 heterocycles. The maximum absolute atomic E-state index is 6.67. The van der Waals surface area contributed by atoms with E-state index in [4.69, 9.17) is 5.73 Å². The van der Waals surface area contributed by atoms with Crippen LogP contribution < -0.4 is 5.73 Å². The van der Waals surface area contributed by atoms with Gasteiger partial charge in [-0.05, 0) is 24.5 Å². The van der Waals surface area contributed by atoms with E-state index in [1.54, 1.807) is 0 Å². The Kier molecular flexibility index (Phi) is 3.62. The monoisotopic (exact) mass is 269 g/mol. The van der Waals surface area contributed by atoms with Gasteiger partial charge in [0.15, 0.2) is 0 Å². The van der Waals surface area contributed by atoms with Crippen LogP contribution in [0.5, 0.6) is 0 Å². The minimum absolute atomic E-state index is 0.0219. The van der Waals surface area contributed by atoms with Crippen LogP contribution in [0.2, 0.25) is 0 Å². The van der Waals surface area contributed by atoms with E-state index in [1.807, 2.05) is 17.9 Å². The Morgan fingerprint density at radius 2 is 1.80 bits per heavy atom. The van der Waals surface area contributed by atoms with E-state index in [9.17, 15) is 0 Å². The molecule has 20 heavy (non-hydrogen) atoms. The predicted octanol–water partition coefficient (Wildman–Crippen LogP) is 3.32. The number of rotatable bonds is 3. The summed E-state index contributed by atoms with van der Waals surface area (Å²) in [7, 11) is 1.95. The van der Waals surface area contributed by atoms with Crippen molar-refractivity contribution in [1.29, 1.82) is 0 Å². The van der Waals surface area contributed by atoms with Crippen LogP contribution in [0.1, 0.15) is 49.4 Å². The van der Waals surface area contributed by atoms with Crippen LogP contribution in [0.3, 0.4) is 0 Å². The van der Waals surface area contributed by atoms with Crippen LogP contribution in [-0.4, -0.2) is 9.78 Å². The number of aromatic nitrogens is 2. The molecular formula is C17H23N3. The zero-order valence-electron chi connectivity index (χ0n) is 12.1. The highest BCUT2D eigenvalue weighted by molar-refractivity contribution is 5.31. The molecule has 1 aromatic carbocycles. The third kappa shape index (κ3) is 2.27. The topological polar surface area (TPSA) is 43.8 Å². The molecule has 0 aliphatic heterocycles. The van der Waals surface area contributed by atoms with Gasteiger partial charge >= 0.3 is 0 Å². The first-order valence-corrected chi connectivity index (χ1v) is 7.53. The number of benzene rings is 1. The summed E-state index contributed by atoms with van der Waals surface area (Å²) in [6.45, 7) is 0. The molecule has 0 radical (unpaired) electrons. The fourth-order valence-corrected chi connectivity index (χ4v) is 3.61. The third-order valence-corrected chi connectivity index (χ3v) is 4.74. The summed E-state index contributed by atoms with van der Waals surface area (Å²) in [4.78, 5) is 0. The van der Waals surface area contributed by atoms with Crippen molar-refractivity contribution in [1.82, 2.24) is 9.78 Å². The Labute approximate surface area is 120 Å². The Balaban J connectivity index is 2.01. The van der Waals surface area contributed by atoms with Crippen LogP contribution >= 0.6 is 0 Å². The number of nitrogens with zero attached hydrogens (tertiary/aromatic N) is 2. The van der Waals surface area contributed by atoms with Gasteiger partial charge in [-0.3, -0.25) is 4.68 Å². The molecule has 1 unspecified atom stereocenters. The number of nitrogens with two attached hydrogens (primary N) is 1. The molecule has 1 aromatic heterocycles. The van der Waals surface area contributed by atoms with Gasteiger partial charge in [0.2, 0.25) is 0 Å². The second kappa shape index (κ2) is 5.41. The standard InChI is InChI=1S/C17H23N3/c1-20-13-10-15(19-20)16(18)17(11-6-3-7-12-17)14-8-4-2-5-9-14/h2,4-5,8-10,13,16H,3,6-7,11-12,18H2,1H3. The van der Waals surface area contributed by atoms with Gasteiger partial charge in [-0.25, -0.2) is 0 Å². The summed E-state index contributed by atoms with van der Waals surface area (Å²) in [5, 5.41) is 4.55. The molecule has 0 spiro atoms. The van der Waals surface area contributed by atoms with E-state index in [1.165, 1.54) is 24.8 Å². The largest absolute Gasteiger partial charge is 0.322 e. The SMILES string of the molecule is Cn1ccc(C(N)C2(c3ccccc3)CCCCC2)n1. The van der Waals surface area contributed by atoms with Gasteiger partial charge in [0.25, 0.3) is 0 Å². The summed E-state index contributed by atoms with van der Waals surface area (Å²) < 4.78 is 1.84. The molecule has 1 saturated carbocycles. The molecule has 3 rings (SSSR count). The first kappa shape index (κ1) is 13.4. The lowest BCUT2D eigenvalue weighted by Crippen LogP contribution is -2.40. The molecule has 0 bridgehead atoms. The second-order valence-corrected chi connectivity index (χ2v) is 5.97. The van der Waals surface area contributed by atoms with Gasteiger partial charge in [0.05, 0.1) is 11.7 Å². The van der Waals surface area contributed by atoms with E-state index >= 15 is 0 Å². The van der Waals surface area contributed by atoms with Crippen LogP contribution in [0, 0.1) is 0 Å². The normalized spacial score (nSPS) is 19.7. The van der Waals surface area contributed by atoms with Gasteiger partial charge in [-0.2, -0.15) is 5.10 Å². The summed E-state index contributed by atoms with van der Waals surface area (Å²) >= 11 is 0. The van der Waals surface area contributed by atoms with Crippen molar-refractivity contribution in [3.05, 3.63) is 53.9 Å². The van der Waals surface area contributed by atoms with Crippen LogP contribution in [0.4, 0.5) is 0 Å². The molecule has 0 amide bonds. The van der Waals surface area contributed by atoms with Crippen molar-refractivity contribution in [3.63, 3.8) is 0 Å². The molecular weight excluding hydrogens is 246 g/mol. The maximum atomic E-state index is 6.67. The van der Waals surface area contributed by atoms with Gasteiger partial charge in [0, 0.05) is 18.7 Å². The number of aryl methyl sites for hydroxylation is 1. The van der Waals surface area contributed by atoms with Gasteiger partial charge in [-0.1, -0.05) is 49.6 Å². The summed E-state index contributed by atoms with van der Waals surface area (Å²) in [5.74, 6) is 0. The average molecular weight is 269 g/mol. The lowest BCUT2D eigenvalue weighted by Gasteiger charge is -2.42. The molecule has 2 N–H and O–H groups in total. The van der Waals surface area contributed by atoms with Crippen molar-refractivity contribution in [2.45, 2.75) is 43.6 Å². The van der Waals surface area contributed by atoms with E-state index in [0.29, 0.717) is 0 Å². The quantitative estimate of drug-likeness (QED) is 0.929. The van der Waals surface area contributed by atoms with Gasteiger partial charge < -0.3 is 5.73 Å². The highest BCUT2D eigenvalue weighted by Gasteiger charge is 2.41. The first-order chi connectivity index (χ1) is 9.72. The van der Waals surface area contributed by atoms with Crippen molar-refractivity contribution in [3.8, 4) is 0 Å². The van der Waals surface area contributed by atoms with Crippen molar-refractivity contribution < 1.29 is 0 Å². The minimum Gasteiger partial charge on any atom is -0.322 e. The van der Waals surface area contributed by atoms with E-state index in [0.717, 1.165) is 18.5 Å². The zero-order valence-corrected chi connectivity index (χ0v) is 12.1. The molecule has 1 aliphatic carbocycles. The zero-order chi connectivity index (χ0) is 14.0.